The van der Waals surface area contributed by atoms with Gasteiger partial charge in [0.25, 0.3) is 0 Å². The number of carbonyl (C=O) groups excluding carboxylic acids is 1. The fraction of sp³-hybridized carbons (Fsp3) is 0.909. The van der Waals surface area contributed by atoms with Crippen LogP contribution in [0.15, 0.2) is 0 Å². The Hall–Kier alpha value is -0.0500. The Morgan fingerprint density at radius 2 is 2.21 bits per heavy atom. The van der Waals surface area contributed by atoms with E-state index in [-0.39, 0.29) is 10.2 Å². The highest BCUT2D eigenvalue weighted by Crippen LogP contribution is 2.35. The molecule has 1 saturated heterocycles. The van der Waals surface area contributed by atoms with Crippen LogP contribution < -0.4 is 0 Å². The number of likely N-dealkylation sites (tertiary alicyclic amines) is 1. The van der Waals surface area contributed by atoms with E-state index in [0.29, 0.717) is 0 Å². The summed E-state index contributed by atoms with van der Waals surface area (Å²) in [5.41, 5.74) is 0. The van der Waals surface area contributed by atoms with E-state index in [9.17, 15) is 4.79 Å². The number of unbranched alkanes of at least 4 members (excludes halogenated alkanes) is 2. The van der Waals surface area contributed by atoms with E-state index in [4.69, 9.17) is 0 Å². The van der Waals surface area contributed by atoms with Gasteiger partial charge in [0.1, 0.15) is 4.32 Å². The average molecular weight is 262 g/mol. The van der Waals surface area contributed by atoms with Crippen LogP contribution in [0.2, 0.25) is 0 Å². The molecule has 0 aromatic rings. The summed E-state index contributed by atoms with van der Waals surface area (Å²) in [6.07, 6.45) is 6.71. The number of alkyl halides is 1. The van der Waals surface area contributed by atoms with Gasteiger partial charge < -0.3 is 4.90 Å². The first kappa shape index (κ1) is 12.0. The predicted molar refractivity (Wildman–Crippen MR) is 62.7 cm³/mol. The highest BCUT2D eigenvalue weighted by molar-refractivity contribution is 9.10. The molecule has 1 aliphatic rings. The summed E-state index contributed by atoms with van der Waals surface area (Å²) in [7, 11) is 1.90. The van der Waals surface area contributed by atoms with Gasteiger partial charge >= 0.3 is 0 Å². The zero-order chi connectivity index (χ0) is 10.6. The topological polar surface area (TPSA) is 20.3 Å². The Morgan fingerprint density at radius 3 is 2.86 bits per heavy atom. The molecule has 1 aliphatic heterocycles. The van der Waals surface area contributed by atoms with Crippen LogP contribution >= 0.6 is 15.9 Å². The van der Waals surface area contributed by atoms with Crippen molar-refractivity contribution >= 4 is 21.8 Å². The summed E-state index contributed by atoms with van der Waals surface area (Å²) < 4.78 is -0.241. The minimum atomic E-state index is -0.241. The highest BCUT2D eigenvalue weighted by Gasteiger charge is 2.39. The maximum Gasteiger partial charge on any atom is 0.239 e. The van der Waals surface area contributed by atoms with Gasteiger partial charge in [0.05, 0.1) is 0 Å². The summed E-state index contributed by atoms with van der Waals surface area (Å²) in [6, 6.07) is 0. The normalized spacial score (nSPS) is 28.2. The van der Waals surface area contributed by atoms with E-state index >= 15 is 0 Å². The van der Waals surface area contributed by atoms with E-state index in [0.717, 1.165) is 32.2 Å². The zero-order valence-corrected chi connectivity index (χ0v) is 10.8. The van der Waals surface area contributed by atoms with Crippen molar-refractivity contribution in [1.82, 2.24) is 4.90 Å². The third kappa shape index (κ3) is 2.72. The lowest BCUT2D eigenvalue weighted by Crippen LogP contribution is -2.47. The second-order valence-corrected chi connectivity index (χ2v) is 5.77. The zero-order valence-electron chi connectivity index (χ0n) is 9.18. The number of amides is 1. The molecule has 1 heterocycles. The predicted octanol–water partition coefficient (Wildman–Crippen LogP) is 2.95. The van der Waals surface area contributed by atoms with E-state index < -0.39 is 0 Å². The molecule has 0 aromatic carbocycles. The van der Waals surface area contributed by atoms with Gasteiger partial charge in [-0.05, 0) is 19.3 Å². The summed E-state index contributed by atoms with van der Waals surface area (Å²) in [5, 5.41) is 0. The van der Waals surface area contributed by atoms with Crippen LogP contribution in [0.1, 0.15) is 45.4 Å². The van der Waals surface area contributed by atoms with E-state index in [1.807, 2.05) is 11.9 Å². The van der Waals surface area contributed by atoms with Crippen molar-refractivity contribution in [2.45, 2.75) is 49.8 Å². The molecule has 0 aliphatic carbocycles. The molecule has 2 nitrogen and oxygen atoms in total. The SMILES string of the molecule is CCCCCC1(Br)CCCN(C)C1=O. The molecule has 1 rings (SSSR count). The van der Waals surface area contributed by atoms with Crippen molar-refractivity contribution in [2.24, 2.45) is 0 Å². The molecule has 1 amide bonds. The second-order valence-electron chi connectivity index (χ2n) is 4.25. The van der Waals surface area contributed by atoms with Gasteiger partial charge in [-0.3, -0.25) is 4.79 Å². The third-order valence-corrected chi connectivity index (χ3v) is 4.11. The first-order chi connectivity index (χ1) is 6.60. The van der Waals surface area contributed by atoms with Gasteiger partial charge in [0, 0.05) is 13.6 Å². The Morgan fingerprint density at radius 1 is 1.50 bits per heavy atom. The van der Waals surface area contributed by atoms with Crippen LogP contribution in [0.25, 0.3) is 0 Å². The Labute approximate surface area is 95.2 Å². The fourth-order valence-corrected chi connectivity index (χ4v) is 2.90. The number of hydrogen-bond acceptors (Lipinski definition) is 1. The van der Waals surface area contributed by atoms with Gasteiger partial charge in [0.2, 0.25) is 5.91 Å². The van der Waals surface area contributed by atoms with Crippen molar-refractivity contribution < 1.29 is 4.79 Å². The van der Waals surface area contributed by atoms with Crippen LogP contribution in [-0.4, -0.2) is 28.7 Å². The molecule has 0 bridgehead atoms. The summed E-state index contributed by atoms with van der Waals surface area (Å²) in [6.45, 7) is 3.11. The lowest BCUT2D eigenvalue weighted by molar-refractivity contribution is -0.134. The molecule has 1 atom stereocenters. The minimum absolute atomic E-state index is 0.241. The molecule has 0 aromatic heterocycles. The summed E-state index contributed by atoms with van der Waals surface area (Å²) in [5.74, 6) is 0.278. The van der Waals surface area contributed by atoms with Crippen molar-refractivity contribution in [1.29, 1.82) is 0 Å². The van der Waals surface area contributed by atoms with E-state index in [1.165, 1.54) is 12.8 Å². The van der Waals surface area contributed by atoms with Crippen molar-refractivity contribution in [3.8, 4) is 0 Å². The fourth-order valence-electron chi connectivity index (χ4n) is 2.03. The van der Waals surface area contributed by atoms with Crippen molar-refractivity contribution in [2.75, 3.05) is 13.6 Å². The van der Waals surface area contributed by atoms with Gasteiger partial charge in [0.15, 0.2) is 0 Å². The smallest absolute Gasteiger partial charge is 0.239 e. The number of hydrogen-bond donors (Lipinski definition) is 0. The van der Waals surface area contributed by atoms with E-state index in [1.54, 1.807) is 0 Å². The number of rotatable bonds is 4. The molecule has 3 heteroatoms. The largest absolute Gasteiger partial charge is 0.345 e. The molecule has 0 N–H and O–H groups in total. The molecule has 0 radical (unpaired) electrons. The van der Waals surface area contributed by atoms with Crippen molar-refractivity contribution in [3.63, 3.8) is 0 Å². The number of nitrogens with zero attached hydrogens (tertiary/aromatic N) is 1. The second kappa shape index (κ2) is 5.15. The number of halogens is 1. The minimum Gasteiger partial charge on any atom is -0.345 e. The van der Waals surface area contributed by atoms with E-state index in [2.05, 4.69) is 22.9 Å². The monoisotopic (exact) mass is 261 g/mol. The first-order valence-electron chi connectivity index (χ1n) is 5.54. The average Bonchev–Trinajstić information content (AvgIpc) is 2.15. The highest BCUT2D eigenvalue weighted by atomic mass is 79.9. The first-order valence-corrected chi connectivity index (χ1v) is 6.34. The van der Waals surface area contributed by atoms with Crippen molar-refractivity contribution in [3.05, 3.63) is 0 Å². The number of carbonyl (C=O) groups is 1. The molecule has 0 saturated carbocycles. The Balaban J connectivity index is 2.48. The Bertz CT molecular complexity index is 207. The van der Waals surface area contributed by atoms with Gasteiger partial charge in [-0.15, -0.1) is 0 Å². The molecule has 14 heavy (non-hydrogen) atoms. The molecular weight excluding hydrogens is 242 g/mol. The van der Waals surface area contributed by atoms with Gasteiger partial charge in [-0.1, -0.05) is 42.1 Å². The third-order valence-electron chi connectivity index (χ3n) is 2.97. The van der Waals surface area contributed by atoms with Crippen LogP contribution in [-0.2, 0) is 4.79 Å². The maximum atomic E-state index is 11.9. The standard InChI is InChI=1S/C11H20BrNO/c1-3-4-5-7-11(12)8-6-9-13(2)10(11)14/h3-9H2,1-2H3. The molecule has 0 spiro atoms. The maximum absolute atomic E-state index is 11.9. The number of piperidine rings is 1. The Kier molecular flexibility index (Phi) is 4.42. The molecule has 82 valence electrons. The summed E-state index contributed by atoms with van der Waals surface area (Å²) in [4.78, 5) is 13.8. The molecular formula is C11H20BrNO. The van der Waals surface area contributed by atoms with Crippen LogP contribution in [0.4, 0.5) is 0 Å². The van der Waals surface area contributed by atoms with Gasteiger partial charge in [-0.2, -0.15) is 0 Å². The van der Waals surface area contributed by atoms with Gasteiger partial charge in [-0.25, -0.2) is 0 Å². The summed E-state index contributed by atoms with van der Waals surface area (Å²) >= 11 is 3.64. The van der Waals surface area contributed by atoms with Crippen LogP contribution in [0.5, 0.6) is 0 Å². The molecule has 1 fully saturated rings. The lowest BCUT2D eigenvalue weighted by Gasteiger charge is -2.36. The molecule has 1 unspecified atom stereocenters. The van der Waals surface area contributed by atoms with Crippen LogP contribution in [0.3, 0.4) is 0 Å². The lowest BCUT2D eigenvalue weighted by atomic mass is 9.91. The quantitative estimate of drug-likeness (QED) is 0.563. The van der Waals surface area contributed by atoms with Crippen LogP contribution in [0, 0.1) is 0 Å².